The zero-order valence-corrected chi connectivity index (χ0v) is 32.8. The van der Waals surface area contributed by atoms with E-state index in [0.717, 1.165) is 29.1 Å². The highest BCUT2D eigenvalue weighted by Gasteiger charge is 2.51. The maximum absolute atomic E-state index is 2.50. The molecular weight excluding hydrogens is 701 g/mol. The van der Waals surface area contributed by atoms with E-state index in [9.17, 15) is 0 Å². The first-order valence-electron chi connectivity index (χ1n) is 21.3. The van der Waals surface area contributed by atoms with E-state index in [2.05, 4.69) is 198 Å². The Morgan fingerprint density at radius 2 is 1.00 bits per heavy atom. The largest absolute Gasteiger partial charge is 0.310 e. The molecule has 4 fully saturated rings. The Labute approximate surface area is 341 Å². The van der Waals surface area contributed by atoms with Crippen LogP contribution in [0.15, 0.2) is 188 Å². The lowest BCUT2D eigenvalue weighted by atomic mass is 9.48. The first-order valence-corrected chi connectivity index (χ1v) is 21.3. The molecular formula is C56H46N2. The van der Waals surface area contributed by atoms with Crippen molar-refractivity contribution in [3.63, 3.8) is 0 Å². The van der Waals surface area contributed by atoms with Crippen molar-refractivity contribution < 1.29 is 0 Å². The van der Waals surface area contributed by atoms with E-state index in [4.69, 9.17) is 0 Å². The molecule has 0 radical (unpaired) electrons. The van der Waals surface area contributed by atoms with Crippen molar-refractivity contribution in [2.45, 2.75) is 43.9 Å². The number of para-hydroxylation sites is 2. The first-order chi connectivity index (χ1) is 28.7. The lowest BCUT2D eigenvalue weighted by molar-refractivity contribution is -0.00518. The Hall–Kier alpha value is -6.38. The summed E-state index contributed by atoms with van der Waals surface area (Å²) in [5.74, 6) is 2.76. The Bertz CT molecular complexity index is 2930. The third-order valence-corrected chi connectivity index (χ3v) is 14.1. The maximum Gasteiger partial charge on any atom is 0.0561 e. The summed E-state index contributed by atoms with van der Waals surface area (Å²) in [6.45, 7) is 0. The normalized spacial score (nSPS) is 20.9. The van der Waals surface area contributed by atoms with E-state index in [1.807, 2.05) is 0 Å². The summed E-state index contributed by atoms with van der Waals surface area (Å²) in [6.07, 6.45) is 8.52. The summed E-state index contributed by atoms with van der Waals surface area (Å²) >= 11 is 0. The van der Waals surface area contributed by atoms with Gasteiger partial charge in [0.1, 0.15) is 0 Å². The van der Waals surface area contributed by atoms with Crippen LogP contribution in [0.5, 0.6) is 0 Å². The molecule has 1 aromatic heterocycles. The van der Waals surface area contributed by atoms with E-state index < -0.39 is 0 Å². The van der Waals surface area contributed by atoms with Crippen molar-refractivity contribution in [2.75, 3.05) is 4.90 Å². The SMILES string of the molecule is c1ccc(-c2cccc3cccc(-c4cccc(N(c5ccc(C67CC8CC(CC(C8)C6)C7)cc5)c5ccc6c7ccccc7n(-c7ccccc7)c6c5)c4)c23)cc1. The molecule has 0 saturated heterocycles. The van der Waals surface area contributed by atoms with Crippen molar-refractivity contribution in [2.24, 2.45) is 17.8 Å². The van der Waals surface area contributed by atoms with Crippen LogP contribution in [0, 0.1) is 17.8 Å². The fourth-order valence-corrected chi connectivity index (χ4v) is 12.1. The van der Waals surface area contributed by atoms with E-state index in [1.54, 1.807) is 5.56 Å². The topological polar surface area (TPSA) is 8.17 Å². The minimum Gasteiger partial charge on any atom is -0.310 e. The van der Waals surface area contributed by atoms with Crippen LogP contribution < -0.4 is 4.90 Å². The molecule has 2 heteroatoms. The predicted molar refractivity (Wildman–Crippen MR) is 244 cm³/mol. The molecule has 4 bridgehead atoms. The third kappa shape index (κ3) is 5.46. The molecule has 9 aromatic rings. The number of rotatable bonds is 7. The van der Waals surface area contributed by atoms with Crippen LogP contribution in [0.1, 0.15) is 44.1 Å². The summed E-state index contributed by atoms with van der Waals surface area (Å²) in [4.78, 5) is 2.49. The average molecular weight is 747 g/mol. The molecule has 0 spiro atoms. The first kappa shape index (κ1) is 33.7. The van der Waals surface area contributed by atoms with Crippen LogP contribution in [0.4, 0.5) is 17.1 Å². The summed E-state index contributed by atoms with van der Waals surface area (Å²) in [7, 11) is 0. The van der Waals surface area contributed by atoms with Gasteiger partial charge in [-0.1, -0.05) is 133 Å². The highest BCUT2D eigenvalue weighted by atomic mass is 15.1. The molecule has 0 unspecified atom stereocenters. The molecule has 4 saturated carbocycles. The van der Waals surface area contributed by atoms with Crippen molar-refractivity contribution in [3.05, 3.63) is 194 Å². The Balaban J connectivity index is 1.04. The van der Waals surface area contributed by atoms with Gasteiger partial charge in [0.15, 0.2) is 0 Å². The lowest BCUT2D eigenvalue weighted by Crippen LogP contribution is -2.48. The second-order valence-corrected chi connectivity index (χ2v) is 17.6. The van der Waals surface area contributed by atoms with Gasteiger partial charge >= 0.3 is 0 Å². The fraction of sp³-hybridized carbons (Fsp3) is 0.179. The highest BCUT2D eigenvalue weighted by molar-refractivity contribution is 6.11. The molecule has 0 aliphatic heterocycles. The van der Waals surface area contributed by atoms with Gasteiger partial charge in [-0.15, -0.1) is 0 Å². The van der Waals surface area contributed by atoms with Crippen LogP contribution >= 0.6 is 0 Å². The second kappa shape index (κ2) is 13.4. The number of aromatic nitrogens is 1. The van der Waals surface area contributed by atoms with E-state index >= 15 is 0 Å². The van der Waals surface area contributed by atoms with Crippen LogP contribution in [-0.4, -0.2) is 4.57 Å². The van der Waals surface area contributed by atoms with Gasteiger partial charge in [0.05, 0.1) is 11.0 Å². The molecule has 280 valence electrons. The second-order valence-electron chi connectivity index (χ2n) is 17.6. The minimum atomic E-state index is 0.360. The van der Waals surface area contributed by atoms with Gasteiger partial charge in [-0.25, -0.2) is 0 Å². The standard InChI is InChI=1S/C56H46N2/c1-3-12-41(13-4-1)49-21-10-14-42-15-11-22-50(55(42)49)43-16-9-19-47(33-43)57(46-26-24-44(25-27-46)56-35-38-30-39(36-56)32-40(31-38)37-56)48-28-29-52-51-20-7-8-23-53(51)58(54(52)34-48)45-17-5-2-6-18-45/h1-29,33-34,38-40H,30-32,35-37H2. The van der Waals surface area contributed by atoms with Crippen LogP contribution in [0.3, 0.4) is 0 Å². The summed E-state index contributed by atoms with van der Waals surface area (Å²) in [6, 6.07) is 70.0. The van der Waals surface area contributed by atoms with Crippen molar-refractivity contribution >= 4 is 49.6 Å². The molecule has 1 heterocycles. The van der Waals surface area contributed by atoms with Crippen molar-refractivity contribution in [1.82, 2.24) is 4.57 Å². The lowest BCUT2D eigenvalue weighted by Gasteiger charge is -2.57. The third-order valence-electron chi connectivity index (χ3n) is 14.1. The molecule has 2 nitrogen and oxygen atoms in total. The summed E-state index contributed by atoms with van der Waals surface area (Å²) < 4.78 is 2.43. The van der Waals surface area contributed by atoms with E-state index in [0.29, 0.717) is 5.41 Å². The minimum absolute atomic E-state index is 0.360. The molecule has 4 aliphatic rings. The number of hydrogen-bond acceptors (Lipinski definition) is 1. The van der Waals surface area contributed by atoms with Crippen molar-refractivity contribution in [3.8, 4) is 27.9 Å². The zero-order valence-electron chi connectivity index (χ0n) is 32.8. The molecule has 58 heavy (non-hydrogen) atoms. The van der Waals surface area contributed by atoms with Gasteiger partial charge in [-0.3, -0.25) is 0 Å². The van der Waals surface area contributed by atoms with Gasteiger partial charge in [0.2, 0.25) is 0 Å². The molecule has 0 N–H and O–H groups in total. The van der Waals surface area contributed by atoms with Gasteiger partial charge in [-0.2, -0.15) is 0 Å². The van der Waals surface area contributed by atoms with Gasteiger partial charge in [0, 0.05) is 33.5 Å². The van der Waals surface area contributed by atoms with Crippen LogP contribution in [-0.2, 0) is 5.41 Å². The molecule has 4 aliphatic carbocycles. The van der Waals surface area contributed by atoms with E-state index in [-0.39, 0.29) is 0 Å². The average Bonchev–Trinajstić information content (AvgIpc) is 3.60. The highest BCUT2D eigenvalue weighted by Crippen LogP contribution is 2.61. The molecule has 0 amide bonds. The number of fused-ring (bicyclic) bond motifs is 4. The molecule has 8 aromatic carbocycles. The fourth-order valence-electron chi connectivity index (χ4n) is 12.1. The number of benzene rings is 8. The molecule has 0 atom stereocenters. The monoisotopic (exact) mass is 746 g/mol. The number of anilines is 3. The quantitative estimate of drug-likeness (QED) is 0.158. The van der Waals surface area contributed by atoms with Crippen LogP contribution in [0.2, 0.25) is 0 Å². The zero-order chi connectivity index (χ0) is 38.2. The van der Waals surface area contributed by atoms with Gasteiger partial charge < -0.3 is 9.47 Å². The van der Waals surface area contributed by atoms with Crippen molar-refractivity contribution in [1.29, 1.82) is 0 Å². The maximum atomic E-state index is 2.50. The summed E-state index contributed by atoms with van der Waals surface area (Å²) in [5, 5.41) is 5.07. The molecule has 13 rings (SSSR count). The number of hydrogen-bond donors (Lipinski definition) is 0. The Kier molecular flexibility index (Phi) is 7.76. The van der Waals surface area contributed by atoms with Gasteiger partial charge in [0.25, 0.3) is 0 Å². The van der Waals surface area contributed by atoms with E-state index in [1.165, 1.54) is 105 Å². The smallest absolute Gasteiger partial charge is 0.0561 e. The Morgan fingerprint density at radius 1 is 0.431 bits per heavy atom. The number of nitrogens with zero attached hydrogens (tertiary/aromatic N) is 2. The van der Waals surface area contributed by atoms with Crippen LogP contribution in [0.25, 0.3) is 60.5 Å². The predicted octanol–water partition coefficient (Wildman–Crippen LogP) is 15.2. The van der Waals surface area contributed by atoms with Gasteiger partial charge in [-0.05, 0) is 155 Å². The Morgan fingerprint density at radius 3 is 1.72 bits per heavy atom. The summed E-state index contributed by atoms with van der Waals surface area (Å²) in [5.41, 5.74) is 14.0.